The van der Waals surface area contributed by atoms with Crippen molar-refractivity contribution in [1.29, 1.82) is 0 Å². The molecular formula is C46H41N5. The van der Waals surface area contributed by atoms with E-state index in [1.807, 2.05) is 48.6 Å². The number of aromatic nitrogens is 1. The van der Waals surface area contributed by atoms with Crippen LogP contribution in [0.15, 0.2) is 164 Å². The normalized spacial score (nSPS) is 15.0. The van der Waals surface area contributed by atoms with Gasteiger partial charge in [-0.1, -0.05) is 104 Å². The summed E-state index contributed by atoms with van der Waals surface area (Å²) in [7, 11) is 2.03. The fraction of sp³-hybridized carbons (Fsp3) is 0.109. The zero-order valence-corrected chi connectivity index (χ0v) is 29.1. The molecule has 5 aromatic carbocycles. The van der Waals surface area contributed by atoms with Crippen LogP contribution in [0.1, 0.15) is 52.9 Å². The molecule has 0 fully saturated rings. The number of aliphatic imine (C=N–C) groups is 1. The summed E-state index contributed by atoms with van der Waals surface area (Å²) in [6.07, 6.45) is 10.2. The maximum Gasteiger partial charge on any atom is 0.0651 e. The van der Waals surface area contributed by atoms with E-state index in [9.17, 15) is 0 Å². The second kappa shape index (κ2) is 13.6. The zero-order chi connectivity index (χ0) is 34.9. The fourth-order valence-electron chi connectivity index (χ4n) is 7.41. The highest BCUT2D eigenvalue weighted by Gasteiger charge is 2.26. The van der Waals surface area contributed by atoms with Crippen LogP contribution in [0.2, 0.25) is 0 Å². The minimum atomic E-state index is 0.0633. The van der Waals surface area contributed by atoms with Gasteiger partial charge in [-0.15, -0.1) is 0 Å². The number of benzene rings is 5. The van der Waals surface area contributed by atoms with Gasteiger partial charge >= 0.3 is 0 Å². The van der Waals surface area contributed by atoms with Gasteiger partial charge in [0, 0.05) is 59.1 Å². The molecule has 0 saturated heterocycles. The first-order valence-electron chi connectivity index (χ1n) is 17.5. The smallest absolute Gasteiger partial charge is 0.0651 e. The Morgan fingerprint density at radius 3 is 2.41 bits per heavy atom. The van der Waals surface area contributed by atoms with Crippen LogP contribution in [0.3, 0.4) is 0 Å². The molecule has 2 heterocycles. The van der Waals surface area contributed by atoms with Gasteiger partial charge in [0.2, 0.25) is 0 Å². The van der Waals surface area contributed by atoms with E-state index in [-0.39, 0.29) is 6.04 Å². The van der Waals surface area contributed by atoms with Crippen LogP contribution in [0.4, 0.5) is 11.4 Å². The van der Waals surface area contributed by atoms with Crippen molar-refractivity contribution in [2.24, 2.45) is 4.99 Å². The predicted octanol–water partition coefficient (Wildman–Crippen LogP) is 10.9. The molecule has 1 aliphatic carbocycles. The molecule has 0 bridgehead atoms. The summed E-state index contributed by atoms with van der Waals surface area (Å²) in [6.45, 7) is 10.9. The van der Waals surface area contributed by atoms with Crippen LogP contribution in [-0.4, -0.2) is 22.8 Å². The highest BCUT2D eigenvalue weighted by atomic mass is 15.5. The number of nitrogens with one attached hydrogen (secondary N) is 1. The van der Waals surface area contributed by atoms with Gasteiger partial charge in [0.25, 0.3) is 0 Å². The largest absolute Gasteiger partial charge is 0.316 e. The van der Waals surface area contributed by atoms with Gasteiger partial charge in [0.05, 0.1) is 22.6 Å². The molecule has 51 heavy (non-hydrogen) atoms. The number of anilines is 2. The second-order valence-corrected chi connectivity index (χ2v) is 13.2. The molecule has 6 aromatic rings. The Hall–Kier alpha value is -6.17. The molecule has 1 aliphatic heterocycles. The van der Waals surface area contributed by atoms with E-state index in [0.29, 0.717) is 0 Å². The first-order chi connectivity index (χ1) is 25.0. The zero-order valence-electron chi connectivity index (χ0n) is 29.1. The number of para-hydroxylation sites is 2. The van der Waals surface area contributed by atoms with Gasteiger partial charge in [-0.2, -0.15) is 0 Å². The van der Waals surface area contributed by atoms with Gasteiger partial charge in [0.15, 0.2) is 0 Å². The lowest BCUT2D eigenvalue weighted by atomic mass is 9.88. The van der Waals surface area contributed by atoms with E-state index in [1.165, 1.54) is 38.9 Å². The average molecular weight is 664 g/mol. The van der Waals surface area contributed by atoms with Crippen molar-refractivity contribution in [1.82, 2.24) is 15.0 Å². The molecule has 0 radical (unpaired) electrons. The molecule has 8 rings (SSSR count). The van der Waals surface area contributed by atoms with Crippen LogP contribution < -0.4 is 10.3 Å². The minimum absolute atomic E-state index is 0.0633. The monoisotopic (exact) mass is 663 g/mol. The van der Waals surface area contributed by atoms with Crippen LogP contribution in [-0.2, 0) is 6.42 Å². The standard InChI is InChI=1S/C46H41N5/c1-32(48-49(4)34(3)35-16-7-5-8-17-35)36-18-13-21-39(30-36)51-44-24-12-11-22-41(44)46-40(23-14-25-45(46)51)37-26-27-43-42(31-37)33(2)47-28-15-29-50(43)38-19-9-6-10-20-38/h5-13,15-24,26-32,48H,2-3,14,25H2,1,4H3/b29-15-,47-28?. The Kier molecular flexibility index (Phi) is 8.56. The molecular weight excluding hydrogens is 623 g/mol. The molecule has 2 aliphatic rings. The lowest BCUT2D eigenvalue weighted by Crippen LogP contribution is -2.34. The number of allylic oxidation sites excluding steroid dienone is 2. The predicted molar refractivity (Wildman–Crippen MR) is 215 cm³/mol. The lowest BCUT2D eigenvalue weighted by Gasteiger charge is -2.27. The molecule has 0 amide bonds. The Labute approximate surface area is 300 Å². The van der Waals surface area contributed by atoms with Crippen molar-refractivity contribution in [2.45, 2.75) is 25.8 Å². The van der Waals surface area contributed by atoms with Crippen molar-refractivity contribution in [3.8, 4) is 5.69 Å². The molecule has 250 valence electrons. The van der Waals surface area contributed by atoms with Crippen molar-refractivity contribution in [3.63, 3.8) is 0 Å². The molecule has 1 unspecified atom stereocenters. The van der Waals surface area contributed by atoms with Crippen molar-refractivity contribution >= 4 is 45.5 Å². The van der Waals surface area contributed by atoms with Gasteiger partial charge in [-0.3, -0.25) is 4.99 Å². The number of hydrazine groups is 1. The molecule has 1 N–H and O–H groups in total. The quantitative estimate of drug-likeness (QED) is 0.165. The third kappa shape index (κ3) is 6.02. The van der Waals surface area contributed by atoms with E-state index in [4.69, 9.17) is 0 Å². The average Bonchev–Trinajstić information content (AvgIpc) is 3.52. The Balaban J connectivity index is 1.17. The Bertz CT molecular complexity index is 2360. The van der Waals surface area contributed by atoms with Crippen LogP contribution in [0.5, 0.6) is 0 Å². The van der Waals surface area contributed by atoms with Gasteiger partial charge in [0.1, 0.15) is 0 Å². The summed E-state index contributed by atoms with van der Waals surface area (Å²) in [6, 6.07) is 45.2. The molecule has 0 saturated carbocycles. The number of hydrogen-bond donors (Lipinski definition) is 1. The maximum absolute atomic E-state index is 4.67. The molecule has 0 spiro atoms. The van der Waals surface area contributed by atoms with E-state index < -0.39 is 0 Å². The number of hydrogen-bond acceptors (Lipinski definition) is 4. The Morgan fingerprint density at radius 2 is 1.59 bits per heavy atom. The first-order valence-corrected chi connectivity index (χ1v) is 17.5. The fourth-order valence-corrected chi connectivity index (χ4v) is 7.41. The maximum atomic E-state index is 4.67. The molecule has 1 atom stereocenters. The van der Waals surface area contributed by atoms with E-state index >= 15 is 0 Å². The van der Waals surface area contributed by atoms with E-state index in [0.717, 1.165) is 52.4 Å². The molecule has 5 nitrogen and oxygen atoms in total. The van der Waals surface area contributed by atoms with E-state index in [2.05, 4.69) is 155 Å². The van der Waals surface area contributed by atoms with Crippen molar-refractivity contribution < 1.29 is 0 Å². The minimum Gasteiger partial charge on any atom is -0.316 e. The molecule has 5 heteroatoms. The van der Waals surface area contributed by atoms with Gasteiger partial charge in [-0.05, 0) is 90.6 Å². The summed E-state index contributed by atoms with van der Waals surface area (Å²) in [5, 5.41) is 3.28. The van der Waals surface area contributed by atoms with Gasteiger partial charge < -0.3 is 14.5 Å². The molecule has 1 aromatic heterocycles. The first kappa shape index (κ1) is 32.1. The highest BCUT2D eigenvalue weighted by molar-refractivity contribution is 6.01. The Morgan fingerprint density at radius 1 is 0.843 bits per heavy atom. The van der Waals surface area contributed by atoms with Crippen molar-refractivity contribution in [2.75, 3.05) is 11.9 Å². The van der Waals surface area contributed by atoms with Crippen LogP contribution >= 0.6 is 0 Å². The summed E-state index contributed by atoms with van der Waals surface area (Å²) >= 11 is 0. The number of fused-ring (bicyclic) bond motifs is 4. The second-order valence-electron chi connectivity index (χ2n) is 13.2. The van der Waals surface area contributed by atoms with E-state index in [1.54, 1.807) is 0 Å². The SMILES string of the molecule is C=C1N=C/C=C\N(c2ccccc2)c2ccc(C3=CCCc4c3c3ccccc3n4-c3cccc(C(C)NN(C)C(=C)c4ccccc4)c3)cc21. The summed E-state index contributed by atoms with van der Waals surface area (Å²) in [4.78, 5) is 6.88. The third-order valence-corrected chi connectivity index (χ3v) is 9.96. The van der Waals surface area contributed by atoms with Crippen LogP contribution in [0, 0.1) is 0 Å². The summed E-state index contributed by atoms with van der Waals surface area (Å²) < 4.78 is 2.47. The lowest BCUT2D eigenvalue weighted by molar-refractivity contribution is 0.302. The summed E-state index contributed by atoms with van der Waals surface area (Å²) in [5.74, 6) is 0. The summed E-state index contributed by atoms with van der Waals surface area (Å²) in [5.41, 5.74) is 18.2. The van der Waals surface area contributed by atoms with Crippen molar-refractivity contribution in [3.05, 3.63) is 192 Å². The number of rotatable bonds is 8. The number of nitrogens with zero attached hydrogens (tertiary/aromatic N) is 4. The third-order valence-electron chi connectivity index (χ3n) is 9.96. The van der Waals surface area contributed by atoms with Crippen LogP contribution in [0.25, 0.3) is 33.6 Å². The van der Waals surface area contributed by atoms with Gasteiger partial charge in [-0.25, -0.2) is 5.43 Å². The highest BCUT2D eigenvalue weighted by Crippen LogP contribution is 2.43. The topological polar surface area (TPSA) is 35.8 Å².